The van der Waals surface area contributed by atoms with Gasteiger partial charge in [0.1, 0.15) is 0 Å². The van der Waals surface area contributed by atoms with Crippen LogP contribution in [-0.4, -0.2) is 18.4 Å². The summed E-state index contributed by atoms with van der Waals surface area (Å²) in [7, 11) is 0. The van der Waals surface area contributed by atoms with Crippen molar-refractivity contribution in [2.45, 2.75) is 6.92 Å². The fourth-order valence-electron chi connectivity index (χ4n) is 1.93. The van der Waals surface area contributed by atoms with E-state index in [4.69, 9.17) is 10.5 Å². The van der Waals surface area contributed by atoms with Crippen LogP contribution in [0.15, 0.2) is 42.5 Å². The summed E-state index contributed by atoms with van der Waals surface area (Å²) >= 11 is 0. The number of ether oxygens (including phenoxy) is 1. The van der Waals surface area contributed by atoms with Crippen LogP contribution in [0.4, 0.5) is 10.1 Å². The number of rotatable bonds is 5. The standard InChI is InChI=1S/C16H15FN2O3/c1-10-11(16(18)21)5-4-7-13(10)19-15(20)9-22-14-8-3-2-6-12(14)17/h2-8H,9H2,1H3,(H2,18,21)(H,19,20). The molecule has 0 saturated carbocycles. The van der Waals surface area contributed by atoms with Gasteiger partial charge in [0.05, 0.1) is 0 Å². The van der Waals surface area contributed by atoms with Crippen LogP contribution in [0, 0.1) is 12.7 Å². The molecule has 2 aromatic rings. The van der Waals surface area contributed by atoms with Crippen molar-refractivity contribution >= 4 is 17.5 Å². The first kappa shape index (κ1) is 15.5. The molecular weight excluding hydrogens is 287 g/mol. The third kappa shape index (κ3) is 3.60. The molecule has 0 aromatic heterocycles. The van der Waals surface area contributed by atoms with Crippen LogP contribution in [0.3, 0.4) is 0 Å². The van der Waals surface area contributed by atoms with Gasteiger partial charge in [0.15, 0.2) is 18.2 Å². The molecular formula is C16H15FN2O3. The molecule has 3 N–H and O–H groups in total. The SMILES string of the molecule is Cc1c(NC(=O)COc2ccccc2F)cccc1C(N)=O. The number of hydrogen-bond donors (Lipinski definition) is 2. The monoisotopic (exact) mass is 302 g/mol. The summed E-state index contributed by atoms with van der Waals surface area (Å²) in [6.07, 6.45) is 0. The zero-order valence-electron chi connectivity index (χ0n) is 11.9. The van der Waals surface area contributed by atoms with E-state index in [0.717, 1.165) is 0 Å². The number of para-hydroxylation sites is 1. The van der Waals surface area contributed by atoms with Crippen molar-refractivity contribution in [2.75, 3.05) is 11.9 Å². The fraction of sp³-hybridized carbons (Fsp3) is 0.125. The topological polar surface area (TPSA) is 81.4 Å². The second-order valence-corrected chi connectivity index (χ2v) is 4.61. The molecule has 22 heavy (non-hydrogen) atoms. The van der Waals surface area contributed by atoms with E-state index < -0.39 is 17.6 Å². The Morgan fingerprint density at radius 3 is 2.59 bits per heavy atom. The summed E-state index contributed by atoms with van der Waals surface area (Å²) in [5, 5.41) is 2.60. The number of anilines is 1. The Balaban J connectivity index is 2.02. The average Bonchev–Trinajstić information content (AvgIpc) is 2.48. The molecule has 2 rings (SSSR count). The van der Waals surface area contributed by atoms with Crippen molar-refractivity contribution in [1.29, 1.82) is 0 Å². The van der Waals surface area contributed by atoms with Gasteiger partial charge in [0.25, 0.3) is 5.91 Å². The Hall–Kier alpha value is -2.89. The molecule has 0 radical (unpaired) electrons. The summed E-state index contributed by atoms with van der Waals surface area (Å²) < 4.78 is 18.5. The molecule has 0 saturated heterocycles. The maximum Gasteiger partial charge on any atom is 0.262 e. The average molecular weight is 302 g/mol. The largest absolute Gasteiger partial charge is 0.481 e. The van der Waals surface area contributed by atoms with Crippen molar-refractivity contribution in [3.05, 3.63) is 59.4 Å². The van der Waals surface area contributed by atoms with E-state index in [-0.39, 0.29) is 12.4 Å². The summed E-state index contributed by atoms with van der Waals surface area (Å²) in [5.41, 5.74) is 6.60. The molecule has 6 heteroatoms. The lowest BCUT2D eigenvalue weighted by Crippen LogP contribution is -2.22. The number of nitrogens with one attached hydrogen (secondary N) is 1. The Morgan fingerprint density at radius 1 is 1.18 bits per heavy atom. The van der Waals surface area contributed by atoms with Gasteiger partial charge < -0.3 is 15.8 Å². The Bertz CT molecular complexity index is 716. The lowest BCUT2D eigenvalue weighted by Gasteiger charge is -2.11. The number of hydrogen-bond acceptors (Lipinski definition) is 3. The van der Waals surface area contributed by atoms with Crippen LogP contribution < -0.4 is 15.8 Å². The van der Waals surface area contributed by atoms with Crippen LogP contribution in [0.1, 0.15) is 15.9 Å². The molecule has 0 spiro atoms. The highest BCUT2D eigenvalue weighted by atomic mass is 19.1. The summed E-state index contributed by atoms with van der Waals surface area (Å²) in [6, 6.07) is 10.6. The highest BCUT2D eigenvalue weighted by molar-refractivity contribution is 5.98. The smallest absolute Gasteiger partial charge is 0.262 e. The van der Waals surface area contributed by atoms with E-state index in [0.29, 0.717) is 16.8 Å². The number of halogens is 1. The predicted molar refractivity (Wildman–Crippen MR) is 80.2 cm³/mol. The van der Waals surface area contributed by atoms with Crippen LogP contribution in [0.5, 0.6) is 5.75 Å². The van der Waals surface area contributed by atoms with Crippen LogP contribution in [0.2, 0.25) is 0 Å². The zero-order valence-corrected chi connectivity index (χ0v) is 11.9. The Morgan fingerprint density at radius 2 is 1.91 bits per heavy atom. The first-order chi connectivity index (χ1) is 10.5. The van der Waals surface area contributed by atoms with E-state index in [1.165, 1.54) is 18.2 Å². The van der Waals surface area contributed by atoms with Gasteiger partial charge in [-0.2, -0.15) is 0 Å². The van der Waals surface area contributed by atoms with Crippen molar-refractivity contribution in [1.82, 2.24) is 0 Å². The van der Waals surface area contributed by atoms with Gasteiger partial charge >= 0.3 is 0 Å². The van der Waals surface area contributed by atoms with Crippen molar-refractivity contribution in [2.24, 2.45) is 5.73 Å². The van der Waals surface area contributed by atoms with Gasteiger partial charge in [-0.25, -0.2) is 4.39 Å². The normalized spacial score (nSPS) is 10.1. The van der Waals surface area contributed by atoms with Crippen molar-refractivity contribution in [3.63, 3.8) is 0 Å². The van der Waals surface area contributed by atoms with Crippen LogP contribution in [0.25, 0.3) is 0 Å². The van der Waals surface area contributed by atoms with Gasteiger partial charge in [-0.05, 0) is 36.8 Å². The first-order valence-corrected chi connectivity index (χ1v) is 6.55. The zero-order chi connectivity index (χ0) is 16.1. The molecule has 0 bridgehead atoms. The lowest BCUT2D eigenvalue weighted by atomic mass is 10.1. The minimum Gasteiger partial charge on any atom is -0.481 e. The van der Waals surface area contributed by atoms with E-state index in [1.807, 2.05) is 0 Å². The van der Waals surface area contributed by atoms with E-state index >= 15 is 0 Å². The van der Waals surface area contributed by atoms with Crippen LogP contribution in [-0.2, 0) is 4.79 Å². The summed E-state index contributed by atoms with van der Waals surface area (Å²) in [6.45, 7) is 1.33. The summed E-state index contributed by atoms with van der Waals surface area (Å²) in [4.78, 5) is 23.1. The Kier molecular flexibility index (Phi) is 4.73. The number of primary amides is 1. The van der Waals surface area contributed by atoms with Crippen molar-refractivity contribution < 1.29 is 18.7 Å². The maximum atomic E-state index is 13.4. The predicted octanol–water partition coefficient (Wildman–Crippen LogP) is 2.25. The second kappa shape index (κ2) is 6.71. The number of amides is 2. The highest BCUT2D eigenvalue weighted by Crippen LogP contribution is 2.19. The van der Waals surface area contributed by atoms with Crippen LogP contribution >= 0.6 is 0 Å². The third-order valence-corrected chi connectivity index (χ3v) is 3.07. The van der Waals surface area contributed by atoms with E-state index in [1.54, 1.807) is 31.2 Å². The Labute approximate surface area is 126 Å². The molecule has 0 aliphatic carbocycles. The van der Waals surface area contributed by atoms with Gasteiger partial charge in [0, 0.05) is 11.3 Å². The quantitative estimate of drug-likeness (QED) is 0.888. The number of carbonyl (C=O) groups is 2. The molecule has 0 aliphatic rings. The minimum atomic E-state index is -0.573. The summed E-state index contributed by atoms with van der Waals surface area (Å²) in [5.74, 6) is -1.58. The van der Waals surface area contributed by atoms with Gasteiger partial charge in [-0.1, -0.05) is 18.2 Å². The van der Waals surface area contributed by atoms with E-state index in [2.05, 4.69) is 5.32 Å². The van der Waals surface area contributed by atoms with Gasteiger partial charge in [0.2, 0.25) is 5.91 Å². The fourth-order valence-corrected chi connectivity index (χ4v) is 1.93. The molecule has 2 amide bonds. The first-order valence-electron chi connectivity index (χ1n) is 6.55. The number of benzene rings is 2. The molecule has 114 valence electrons. The molecule has 0 unspecified atom stereocenters. The van der Waals surface area contributed by atoms with Gasteiger partial charge in [-0.3, -0.25) is 9.59 Å². The third-order valence-electron chi connectivity index (χ3n) is 3.07. The number of carbonyl (C=O) groups excluding carboxylic acids is 2. The number of nitrogens with two attached hydrogens (primary N) is 1. The van der Waals surface area contributed by atoms with Gasteiger partial charge in [-0.15, -0.1) is 0 Å². The maximum absolute atomic E-state index is 13.4. The molecule has 2 aromatic carbocycles. The lowest BCUT2D eigenvalue weighted by molar-refractivity contribution is -0.118. The molecule has 0 aliphatic heterocycles. The molecule has 0 atom stereocenters. The second-order valence-electron chi connectivity index (χ2n) is 4.61. The van der Waals surface area contributed by atoms with E-state index in [9.17, 15) is 14.0 Å². The van der Waals surface area contributed by atoms with Crippen molar-refractivity contribution in [3.8, 4) is 5.75 Å². The molecule has 0 fully saturated rings. The molecule has 5 nitrogen and oxygen atoms in total. The minimum absolute atomic E-state index is 0.000239. The highest BCUT2D eigenvalue weighted by Gasteiger charge is 2.11. The molecule has 0 heterocycles.